The van der Waals surface area contributed by atoms with E-state index >= 15 is 0 Å². The van der Waals surface area contributed by atoms with E-state index in [9.17, 15) is 9.18 Å². The van der Waals surface area contributed by atoms with Crippen LogP contribution in [0, 0.1) is 12.7 Å². The van der Waals surface area contributed by atoms with Crippen LogP contribution < -0.4 is 4.90 Å². The number of rotatable bonds is 7. The van der Waals surface area contributed by atoms with Gasteiger partial charge in [-0.3, -0.25) is 9.69 Å². The number of aromatic nitrogens is 3. The molecule has 4 aromatic rings. The Hall–Kier alpha value is -2.97. The number of para-hydroxylation sites is 1. The summed E-state index contributed by atoms with van der Waals surface area (Å²) in [5.41, 5.74) is 4.31. The van der Waals surface area contributed by atoms with Gasteiger partial charge in [0.05, 0.1) is 17.1 Å². The van der Waals surface area contributed by atoms with Gasteiger partial charge in [0.1, 0.15) is 5.82 Å². The maximum atomic E-state index is 14.2. The fourth-order valence-corrected chi connectivity index (χ4v) is 4.96. The topological polar surface area (TPSA) is 61.9 Å². The molecule has 8 heteroatoms. The highest BCUT2D eigenvalue weighted by Gasteiger charge is 2.21. The van der Waals surface area contributed by atoms with Crippen LogP contribution >= 0.6 is 23.1 Å². The van der Waals surface area contributed by atoms with Gasteiger partial charge in [-0.2, -0.15) is 0 Å². The molecule has 2 heterocycles. The molecule has 4 rings (SSSR count). The molecule has 0 aliphatic heterocycles. The fraction of sp³-hybridized carbons (Fsp3) is 0.174. The monoisotopic (exact) mass is 452 g/mol. The molecule has 31 heavy (non-hydrogen) atoms. The van der Waals surface area contributed by atoms with Gasteiger partial charge in [-0.05, 0) is 24.6 Å². The van der Waals surface area contributed by atoms with Gasteiger partial charge in [0.25, 0.3) is 0 Å². The molecule has 0 bridgehead atoms. The number of hydrogen-bond acceptors (Lipinski definition) is 5. The fourth-order valence-electron chi connectivity index (χ4n) is 3.14. The normalized spacial score (nSPS) is 10.9. The van der Waals surface area contributed by atoms with E-state index in [1.165, 1.54) is 34.8 Å². The van der Waals surface area contributed by atoms with Crippen LogP contribution in [0.25, 0.3) is 0 Å². The van der Waals surface area contributed by atoms with Crippen LogP contribution in [-0.2, 0) is 17.0 Å². The van der Waals surface area contributed by atoms with Crippen LogP contribution in [0.3, 0.4) is 0 Å². The predicted molar refractivity (Wildman–Crippen MR) is 123 cm³/mol. The van der Waals surface area contributed by atoms with Crippen LogP contribution in [0.1, 0.15) is 29.6 Å². The average molecular weight is 453 g/mol. The summed E-state index contributed by atoms with van der Waals surface area (Å²) in [6.45, 7) is 3.43. The number of halogens is 1. The van der Waals surface area contributed by atoms with Gasteiger partial charge in [-0.1, -0.05) is 54.2 Å². The molecular formula is C23H21FN4OS2. The Morgan fingerprint density at radius 1 is 1.13 bits per heavy atom. The second-order valence-electron chi connectivity index (χ2n) is 6.99. The number of anilines is 2. The molecule has 0 saturated heterocycles. The highest BCUT2D eigenvalue weighted by atomic mass is 32.2. The summed E-state index contributed by atoms with van der Waals surface area (Å²) in [5, 5.41) is 3.17. The van der Waals surface area contributed by atoms with E-state index in [0.717, 1.165) is 28.7 Å². The summed E-state index contributed by atoms with van der Waals surface area (Å²) >= 11 is 2.87. The molecule has 1 amide bonds. The Morgan fingerprint density at radius 2 is 1.87 bits per heavy atom. The molecule has 0 spiro atoms. The molecule has 158 valence electrons. The van der Waals surface area contributed by atoms with E-state index in [1.807, 2.05) is 30.5 Å². The van der Waals surface area contributed by atoms with Gasteiger partial charge >= 0.3 is 0 Å². The first kappa shape index (κ1) is 21.3. The highest BCUT2D eigenvalue weighted by Crippen LogP contribution is 2.32. The third kappa shape index (κ3) is 5.03. The number of nitrogens with one attached hydrogen (secondary N) is 1. The van der Waals surface area contributed by atoms with Gasteiger partial charge in [-0.25, -0.2) is 14.4 Å². The zero-order chi connectivity index (χ0) is 21.8. The van der Waals surface area contributed by atoms with Crippen molar-refractivity contribution in [3.63, 3.8) is 0 Å². The quantitative estimate of drug-likeness (QED) is 0.356. The minimum atomic E-state index is -0.458. The van der Waals surface area contributed by atoms with Gasteiger partial charge in [-0.15, -0.1) is 11.3 Å². The van der Waals surface area contributed by atoms with Crippen molar-refractivity contribution < 1.29 is 9.18 Å². The van der Waals surface area contributed by atoms with Crippen molar-refractivity contribution in [3.05, 3.63) is 88.4 Å². The third-order valence-electron chi connectivity index (χ3n) is 4.67. The first-order chi connectivity index (χ1) is 15.0. The lowest BCUT2D eigenvalue weighted by atomic mass is 10.1. The molecule has 2 aromatic carbocycles. The van der Waals surface area contributed by atoms with E-state index in [4.69, 9.17) is 4.98 Å². The minimum Gasteiger partial charge on any atom is -0.337 e. The van der Waals surface area contributed by atoms with Crippen LogP contribution in [0.4, 0.5) is 15.2 Å². The standard InChI is InChI=1S/C23H21FN4OS2/c1-15-20(12-17-8-4-3-5-9-17)27-22(25-15)30-13-18-14-31-23(26-18)28(16(2)29)21-11-7-6-10-19(21)24/h3-11,14H,12-13H2,1-2H3,(H,25,27). The van der Waals surface area contributed by atoms with Crippen LogP contribution in [0.2, 0.25) is 0 Å². The summed E-state index contributed by atoms with van der Waals surface area (Å²) in [6, 6.07) is 16.4. The molecular weight excluding hydrogens is 431 g/mol. The Kier molecular flexibility index (Phi) is 6.48. The van der Waals surface area contributed by atoms with E-state index in [2.05, 4.69) is 22.1 Å². The number of aromatic amines is 1. The summed E-state index contributed by atoms with van der Waals surface area (Å²) in [6.07, 6.45) is 0.779. The van der Waals surface area contributed by atoms with Crippen molar-refractivity contribution >= 4 is 39.8 Å². The van der Waals surface area contributed by atoms with Gasteiger partial charge in [0, 0.05) is 30.2 Å². The number of carbonyl (C=O) groups is 1. The highest BCUT2D eigenvalue weighted by molar-refractivity contribution is 7.98. The Labute approximate surface area is 188 Å². The van der Waals surface area contributed by atoms with Crippen molar-refractivity contribution in [2.24, 2.45) is 0 Å². The molecule has 0 aliphatic carbocycles. The molecule has 5 nitrogen and oxygen atoms in total. The van der Waals surface area contributed by atoms with Gasteiger partial charge < -0.3 is 4.98 Å². The molecule has 2 aromatic heterocycles. The zero-order valence-electron chi connectivity index (χ0n) is 17.1. The summed E-state index contributed by atoms with van der Waals surface area (Å²) in [7, 11) is 0. The van der Waals surface area contributed by atoms with Gasteiger partial charge in [0.2, 0.25) is 5.91 Å². The molecule has 0 fully saturated rings. The lowest BCUT2D eigenvalue weighted by molar-refractivity contribution is -0.115. The average Bonchev–Trinajstić information content (AvgIpc) is 3.35. The minimum absolute atomic E-state index is 0.204. The first-order valence-corrected chi connectivity index (χ1v) is 11.6. The maximum absolute atomic E-state index is 14.2. The number of thioether (sulfide) groups is 1. The van der Waals surface area contributed by atoms with Crippen LogP contribution in [0.5, 0.6) is 0 Å². The number of hydrogen-bond donors (Lipinski definition) is 1. The number of carbonyl (C=O) groups excluding carboxylic acids is 1. The third-order valence-corrected chi connectivity index (χ3v) is 6.46. The predicted octanol–water partition coefficient (Wildman–Crippen LogP) is 5.88. The molecule has 0 saturated carbocycles. The number of nitrogens with zero attached hydrogens (tertiary/aromatic N) is 3. The molecule has 0 atom stereocenters. The second kappa shape index (κ2) is 9.45. The van der Waals surface area contributed by atoms with Crippen molar-refractivity contribution in [2.45, 2.75) is 31.2 Å². The SMILES string of the molecule is CC(=O)N(c1nc(CSc2nc(Cc3ccccc3)c(C)[nH]2)cs1)c1ccccc1F. The van der Waals surface area contributed by atoms with Crippen LogP contribution in [0.15, 0.2) is 65.1 Å². The number of benzene rings is 2. The van der Waals surface area contributed by atoms with E-state index in [-0.39, 0.29) is 11.6 Å². The number of aryl methyl sites for hydroxylation is 1. The lowest BCUT2D eigenvalue weighted by Gasteiger charge is -2.18. The lowest BCUT2D eigenvalue weighted by Crippen LogP contribution is -2.23. The molecule has 0 aliphatic rings. The Balaban J connectivity index is 1.45. The second-order valence-corrected chi connectivity index (χ2v) is 8.79. The summed E-state index contributed by atoms with van der Waals surface area (Å²) in [5.74, 6) is -0.149. The first-order valence-electron chi connectivity index (χ1n) is 9.73. The number of thiazole rings is 1. The summed E-state index contributed by atoms with van der Waals surface area (Å²) in [4.78, 5) is 26.1. The molecule has 0 unspecified atom stereocenters. The number of H-pyrrole nitrogens is 1. The van der Waals surface area contributed by atoms with Crippen molar-refractivity contribution in [1.29, 1.82) is 0 Å². The zero-order valence-corrected chi connectivity index (χ0v) is 18.8. The smallest absolute Gasteiger partial charge is 0.230 e. The maximum Gasteiger partial charge on any atom is 0.230 e. The van der Waals surface area contributed by atoms with Crippen LogP contribution in [-0.4, -0.2) is 20.9 Å². The number of amides is 1. The largest absolute Gasteiger partial charge is 0.337 e. The Morgan fingerprint density at radius 3 is 2.61 bits per heavy atom. The van der Waals surface area contributed by atoms with Crippen molar-refractivity contribution in [1.82, 2.24) is 15.0 Å². The van der Waals surface area contributed by atoms with E-state index in [0.29, 0.717) is 10.9 Å². The van der Waals surface area contributed by atoms with E-state index < -0.39 is 5.82 Å². The Bertz CT molecular complexity index is 1190. The molecule has 0 radical (unpaired) electrons. The molecule has 1 N–H and O–H groups in total. The number of imidazole rings is 1. The van der Waals surface area contributed by atoms with Gasteiger partial charge in [0.15, 0.2) is 10.3 Å². The van der Waals surface area contributed by atoms with E-state index in [1.54, 1.807) is 30.0 Å². The summed E-state index contributed by atoms with van der Waals surface area (Å²) < 4.78 is 14.2. The van der Waals surface area contributed by atoms with Crippen molar-refractivity contribution in [2.75, 3.05) is 4.90 Å². The van der Waals surface area contributed by atoms with Crippen molar-refractivity contribution in [3.8, 4) is 0 Å².